The van der Waals surface area contributed by atoms with Gasteiger partial charge in [-0.25, -0.2) is 17.9 Å². The Morgan fingerprint density at radius 3 is 2.78 bits per heavy atom. The third-order valence-electron chi connectivity index (χ3n) is 3.30. The highest BCUT2D eigenvalue weighted by Gasteiger charge is 2.17. The summed E-state index contributed by atoms with van der Waals surface area (Å²) >= 11 is 1.18. The van der Waals surface area contributed by atoms with E-state index in [2.05, 4.69) is 10.0 Å². The Balaban J connectivity index is 1.99. The van der Waals surface area contributed by atoms with Crippen molar-refractivity contribution < 1.29 is 22.7 Å². The predicted molar refractivity (Wildman–Crippen MR) is 99.9 cm³/mol. The summed E-state index contributed by atoms with van der Waals surface area (Å²) in [5.74, 6) is -1.43. The molecule has 0 atom stereocenters. The Morgan fingerprint density at radius 2 is 2.07 bits per heavy atom. The molecule has 10 heteroatoms. The molecule has 2 aromatic rings. The number of carbonyl (C=O) groups excluding carboxylic acids is 2. The van der Waals surface area contributed by atoms with Crippen LogP contribution >= 0.6 is 11.3 Å². The Kier molecular flexibility index (Phi) is 7.06. The van der Waals surface area contributed by atoms with Crippen molar-refractivity contribution in [3.63, 3.8) is 0 Å². The number of sulfonamides is 1. The summed E-state index contributed by atoms with van der Waals surface area (Å²) in [5.41, 5.74) is 0.327. The predicted octanol–water partition coefficient (Wildman–Crippen LogP) is 2.10. The lowest BCUT2D eigenvalue weighted by molar-refractivity contribution is -0.119. The molecule has 2 N–H and O–H groups in total. The second kappa shape index (κ2) is 9.27. The van der Waals surface area contributed by atoms with Crippen LogP contribution < -0.4 is 10.0 Å². The molecule has 2 rings (SSSR count). The molecule has 27 heavy (non-hydrogen) atoms. The van der Waals surface area contributed by atoms with Crippen LogP contribution in [0.2, 0.25) is 0 Å². The second-order valence-corrected chi connectivity index (χ2v) is 8.01. The van der Waals surface area contributed by atoms with Gasteiger partial charge in [-0.15, -0.1) is 11.3 Å². The summed E-state index contributed by atoms with van der Waals surface area (Å²) in [6.45, 7) is 1.55. The van der Waals surface area contributed by atoms with Gasteiger partial charge in [0, 0.05) is 6.54 Å². The molecule has 0 aliphatic rings. The van der Waals surface area contributed by atoms with E-state index in [1.807, 2.05) is 13.0 Å². The third-order valence-corrected chi connectivity index (χ3v) is 5.58. The summed E-state index contributed by atoms with van der Waals surface area (Å²) in [7, 11) is -3.72. The van der Waals surface area contributed by atoms with Crippen molar-refractivity contribution in [1.82, 2.24) is 4.72 Å². The van der Waals surface area contributed by atoms with Gasteiger partial charge in [-0.3, -0.25) is 4.79 Å². The van der Waals surface area contributed by atoms with E-state index in [1.54, 1.807) is 11.4 Å². The molecule has 0 fully saturated rings. The van der Waals surface area contributed by atoms with E-state index >= 15 is 0 Å². The zero-order valence-corrected chi connectivity index (χ0v) is 16.0. The largest absolute Gasteiger partial charge is 0.452 e. The van der Waals surface area contributed by atoms with Crippen LogP contribution in [0.5, 0.6) is 0 Å². The average Bonchev–Trinajstić information content (AvgIpc) is 3.11. The highest BCUT2D eigenvalue weighted by Crippen LogP contribution is 2.22. The zero-order valence-electron chi connectivity index (χ0n) is 14.4. The molecule has 0 saturated heterocycles. The lowest BCUT2D eigenvalue weighted by Gasteiger charge is -2.08. The van der Waals surface area contributed by atoms with Crippen LogP contribution in [0.4, 0.5) is 5.00 Å². The van der Waals surface area contributed by atoms with Crippen molar-refractivity contribution in [2.75, 3.05) is 18.5 Å². The maximum absolute atomic E-state index is 12.1. The number of esters is 1. The maximum atomic E-state index is 12.1. The Labute approximate surface area is 160 Å². The first-order valence-corrected chi connectivity index (χ1v) is 10.3. The van der Waals surface area contributed by atoms with Gasteiger partial charge in [0.1, 0.15) is 11.1 Å². The van der Waals surface area contributed by atoms with E-state index in [4.69, 9.17) is 10.00 Å². The van der Waals surface area contributed by atoms with Gasteiger partial charge >= 0.3 is 5.97 Å². The van der Waals surface area contributed by atoms with E-state index in [0.717, 1.165) is 0 Å². The quantitative estimate of drug-likeness (QED) is 0.646. The summed E-state index contributed by atoms with van der Waals surface area (Å²) in [4.78, 5) is 23.9. The van der Waals surface area contributed by atoms with E-state index in [9.17, 15) is 18.0 Å². The molecule has 0 bridgehead atoms. The van der Waals surface area contributed by atoms with Crippen molar-refractivity contribution in [3.8, 4) is 6.07 Å². The fourth-order valence-electron chi connectivity index (χ4n) is 1.98. The van der Waals surface area contributed by atoms with Crippen molar-refractivity contribution in [2.45, 2.75) is 18.2 Å². The minimum atomic E-state index is -3.72. The fraction of sp³-hybridized carbons (Fsp3) is 0.235. The number of amides is 1. The lowest BCUT2D eigenvalue weighted by Crippen LogP contribution is -2.25. The normalized spacial score (nSPS) is 10.8. The topological polar surface area (TPSA) is 125 Å². The van der Waals surface area contributed by atoms with Gasteiger partial charge in [0.05, 0.1) is 16.0 Å². The summed E-state index contributed by atoms with van der Waals surface area (Å²) < 4.78 is 31.6. The van der Waals surface area contributed by atoms with Crippen molar-refractivity contribution in [1.29, 1.82) is 5.26 Å². The van der Waals surface area contributed by atoms with Crippen LogP contribution in [0.1, 0.15) is 29.3 Å². The molecular formula is C17H17N3O5S2. The van der Waals surface area contributed by atoms with Gasteiger partial charge in [0.2, 0.25) is 10.0 Å². The Hall–Kier alpha value is -2.74. The van der Waals surface area contributed by atoms with Crippen molar-refractivity contribution >= 4 is 38.2 Å². The number of thiophene rings is 1. The van der Waals surface area contributed by atoms with Gasteiger partial charge in [0.15, 0.2) is 6.61 Å². The number of nitrogens with one attached hydrogen (secondary N) is 2. The molecule has 0 aliphatic carbocycles. The fourth-order valence-corrected chi connectivity index (χ4v) is 3.91. The maximum Gasteiger partial charge on any atom is 0.338 e. The highest BCUT2D eigenvalue weighted by molar-refractivity contribution is 7.89. The van der Waals surface area contributed by atoms with Gasteiger partial charge in [0.25, 0.3) is 5.91 Å². The van der Waals surface area contributed by atoms with Gasteiger partial charge in [-0.1, -0.05) is 13.0 Å². The average molecular weight is 407 g/mol. The second-order valence-electron chi connectivity index (χ2n) is 5.33. The number of rotatable bonds is 8. The van der Waals surface area contributed by atoms with E-state index in [0.29, 0.717) is 17.0 Å². The molecule has 8 nitrogen and oxygen atoms in total. The number of nitriles is 1. The highest BCUT2D eigenvalue weighted by atomic mass is 32.2. The molecule has 1 aromatic heterocycles. The molecule has 0 radical (unpaired) electrons. The molecule has 1 amide bonds. The van der Waals surface area contributed by atoms with Gasteiger partial charge < -0.3 is 10.1 Å². The number of hydrogen-bond donors (Lipinski definition) is 2. The first-order chi connectivity index (χ1) is 12.9. The SMILES string of the molecule is CCCNS(=O)(=O)c1cccc(C(=O)OCC(=O)Nc2sccc2C#N)c1. The minimum Gasteiger partial charge on any atom is -0.452 e. The van der Waals surface area contributed by atoms with Crippen LogP contribution in [-0.2, 0) is 19.6 Å². The van der Waals surface area contributed by atoms with Crippen molar-refractivity contribution in [3.05, 3.63) is 46.8 Å². The Bertz CT molecular complexity index is 976. The molecule has 0 spiro atoms. The minimum absolute atomic E-state index is 0.0102. The van der Waals surface area contributed by atoms with E-state index < -0.39 is 28.5 Å². The lowest BCUT2D eigenvalue weighted by atomic mass is 10.2. The first kappa shape index (κ1) is 20.6. The van der Waals surface area contributed by atoms with Crippen LogP contribution in [0.3, 0.4) is 0 Å². The molecule has 0 aliphatic heterocycles. The number of carbonyl (C=O) groups is 2. The zero-order chi connectivity index (χ0) is 19.9. The van der Waals surface area contributed by atoms with Crippen LogP contribution in [0.25, 0.3) is 0 Å². The number of hydrogen-bond acceptors (Lipinski definition) is 7. The number of benzene rings is 1. The number of ether oxygens (including phenoxy) is 1. The Morgan fingerprint density at radius 1 is 1.30 bits per heavy atom. The first-order valence-electron chi connectivity index (χ1n) is 7.91. The molecule has 1 aromatic carbocycles. The molecule has 0 saturated carbocycles. The van der Waals surface area contributed by atoms with E-state index in [1.165, 1.54) is 35.6 Å². The van der Waals surface area contributed by atoms with E-state index in [-0.39, 0.29) is 17.0 Å². The van der Waals surface area contributed by atoms with Crippen LogP contribution in [-0.4, -0.2) is 33.4 Å². The number of nitrogens with zero attached hydrogens (tertiary/aromatic N) is 1. The third kappa shape index (κ3) is 5.62. The summed E-state index contributed by atoms with van der Waals surface area (Å²) in [6.07, 6.45) is 0.633. The molecular weight excluding hydrogens is 390 g/mol. The summed E-state index contributed by atoms with van der Waals surface area (Å²) in [5, 5.41) is 13.4. The molecule has 1 heterocycles. The summed E-state index contributed by atoms with van der Waals surface area (Å²) in [6, 6.07) is 8.85. The monoisotopic (exact) mass is 407 g/mol. The molecule has 0 unspecified atom stereocenters. The number of anilines is 1. The van der Waals surface area contributed by atoms with Gasteiger partial charge in [-0.05, 0) is 36.1 Å². The van der Waals surface area contributed by atoms with Crippen molar-refractivity contribution in [2.24, 2.45) is 0 Å². The van der Waals surface area contributed by atoms with Crippen LogP contribution in [0, 0.1) is 11.3 Å². The van der Waals surface area contributed by atoms with Gasteiger partial charge in [-0.2, -0.15) is 5.26 Å². The standard InChI is InChI=1S/C17H17N3O5S2/c1-2-7-19-27(23,24)14-5-3-4-12(9-14)17(22)25-11-15(21)20-16-13(10-18)6-8-26-16/h3-6,8-9,19H,2,7,11H2,1H3,(H,20,21). The smallest absolute Gasteiger partial charge is 0.338 e. The molecule has 142 valence electrons. The van der Waals surface area contributed by atoms with Crippen LogP contribution in [0.15, 0.2) is 40.6 Å².